The third-order valence-corrected chi connectivity index (χ3v) is 2.86. The summed E-state index contributed by atoms with van der Waals surface area (Å²) in [5.41, 5.74) is 2.97. The zero-order chi connectivity index (χ0) is 13.2. The predicted octanol–water partition coefficient (Wildman–Crippen LogP) is 2.13. The van der Waals surface area contributed by atoms with Crippen LogP contribution in [0.4, 0.5) is 0 Å². The van der Waals surface area contributed by atoms with E-state index in [9.17, 15) is 4.79 Å². The Bertz CT molecular complexity index is 715. The van der Waals surface area contributed by atoms with E-state index in [0.717, 1.165) is 16.5 Å². The van der Waals surface area contributed by atoms with E-state index < -0.39 is 0 Å². The molecule has 0 saturated carbocycles. The number of esters is 1. The summed E-state index contributed by atoms with van der Waals surface area (Å²) in [4.78, 5) is 19.1. The second kappa shape index (κ2) is 4.56. The van der Waals surface area contributed by atoms with Crippen molar-refractivity contribution in [2.45, 2.75) is 6.92 Å². The minimum Gasteiger partial charge on any atom is -0.462 e. The number of nitrogens with one attached hydrogen (secondary N) is 2. The van der Waals surface area contributed by atoms with Crippen LogP contribution in [0.1, 0.15) is 17.3 Å². The van der Waals surface area contributed by atoms with Gasteiger partial charge in [0.1, 0.15) is 5.65 Å². The highest BCUT2D eigenvalue weighted by Gasteiger charge is 2.14. The first-order valence-corrected chi connectivity index (χ1v) is 5.93. The molecular formula is C13H12N4O2. The molecule has 3 heterocycles. The predicted molar refractivity (Wildman–Crippen MR) is 69.6 cm³/mol. The average molecular weight is 256 g/mol. The fourth-order valence-electron chi connectivity index (χ4n) is 1.95. The van der Waals surface area contributed by atoms with Crippen LogP contribution in [-0.2, 0) is 4.74 Å². The molecule has 0 fully saturated rings. The number of carbonyl (C=O) groups is 1. The van der Waals surface area contributed by atoms with Crippen LogP contribution in [0.15, 0.2) is 30.9 Å². The second-order valence-electron chi connectivity index (χ2n) is 4.03. The smallest absolute Gasteiger partial charge is 0.340 e. The van der Waals surface area contributed by atoms with Gasteiger partial charge in [-0.15, -0.1) is 0 Å². The van der Waals surface area contributed by atoms with E-state index in [-0.39, 0.29) is 5.97 Å². The lowest BCUT2D eigenvalue weighted by Crippen LogP contribution is -2.03. The number of H-pyrrole nitrogens is 2. The van der Waals surface area contributed by atoms with Gasteiger partial charge in [-0.1, -0.05) is 0 Å². The molecule has 3 rings (SSSR count). The monoisotopic (exact) mass is 256 g/mol. The molecule has 0 aromatic carbocycles. The van der Waals surface area contributed by atoms with Gasteiger partial charge in [-0.2, -0.15) is 5.10 Å². The van der Waals surface area contributed by atoms with Crippen molar-refractivity contribution < 1.29 is 9.53 Å². The number of hydrogen-bond donors (Lipinski definition) is 2. The lowest BCUT2D eigenvalue weighted by molar-refractivity contribution is 0.0529. The van der Waals surface area contributed by atoms with Gasteiger partial charge in [0.2, 0.25) is 0 Å². The number of ether oxygens (including phenoxy) is 1. The Balaban J connectivity index is 2.10. The SMILES string of the molecule is CCOC(=O)c1c[nH]c2ncc(-c3cn[nH]c3)cc12. The van der Waals surface area contributed by atoms with Gasteiger partial charge in [0, 0.05) is 35.1 Å². The van der Waals surface area contributed by atoms with Gasteiger partial charge >= 0.3 is 5.97 Å². The van der Waals surface area contributed by atoms with Crippen LogP contribution in [0.3, 0.4) is 0 Å². The summed E-state index contributed by atoms with van der Waals surface area (Å²) in [7, 11) is 0. The number of hydrogen-bond acceptors (Lipinski definition) is 4. The van der Waals surface area contributed by atoms with Crippen molar-refractivity contribution in [2.75, 3.05) is 6.61 Å². The summed E-state index contributed by atoms with van der Waals surface area (Å²) < 4.78 is 5.02. The molecule has 3 aromatic rings. The van der Waals surface area contributed by atoms with E-state index in [0.29, 0.717) is 17.8 Å². The zero-order valence-corrected chi connectivity index (χ0v) is 10.3. The van der Waals surface area contributed by atoms with Crippen LogP contribution in [0, 0.1) is 0 Å². The van der Waals surface area contributed by atoms with Crippen molar-refractivity contribution in [3.63, 3.8) is 0 Å². The number of nitrogens with zero attached hydrogens (tertiary/aromatic N) is 2. The first-order valence-electron chi connectivity index (χ1n) is 5.93. The van der Waals surface area contributed by atoms with Crippen LogP contribution in [-0.4, -0.2) is 32.7 Å². The van der Waals surface area contributed by atoms with Crippen molar-refractivity contribution in [2.24, 2.45) is 0 Å². The van der Waals surface area contributed by atoms with E-state index in [4.69, 9.17) is 4.74 Å². The quantitative estimate of drug-likeness (QED) is 0.703. The minimum absolute atomic E-state index is 0.347. The molecule has 0 unspecified atom stereocenters. The normalized spacial score (nSPS) is 10.8. The molecule has 0 saturated heterocycles. The average Bonchev–Trinajstić information content (AvgIpc) is 3.07. The van der Waals surface area contributed by atoms with Gasteiger partial charge in [0.15, 0.2) is 0 Å². The highest BCUT2D eigenvalue weighted by atomic mass is 16.5. The van der Waals surface area contributed by atoms with Crippen LogP contribution in [0.5, 0.6) is 0 Å². The standard InChI is InChI=1S/C13H12N4O2/c1-2-19-13(18)11-7-15-12-10(11)3-8(4-14-12)9-5-16-17-6-9/h3-7H,2H2,1H3,(H,14,15)(H,16,17). The van der Waals surface area contributed by atoms with Gasteiger partial charge in [0.05, 0.1) is 18.4 Å². The van der Waals surface area contributed by atoms with E-state index in [1.165, 1.54) is 0 Å². The number of aromatic amines is 2. The molecule has 0 aliphatic heterocycles. The molecule has 0 spiro atoms. The molecule has 0 atom stereocenters. The first-order chi connectivity index (χ1) is 9.29. The van der Waals surface area contributed by atoms with Crippen molar-refractivity contribution in [3.8, 4) is 11.1 Å². The Morgan fingerprint density at radius 2 is 2.21 bits per heavy atom. The summed E-state index contributed by atoms with van der Waals surface area (Å²) in [5, 5.41) is 7.40. The van der Waals surface area contributed by atoms with E-state index in [1.807, 2.05) is 6.07 Å². The zero-order valence-electron chi connectivity index (χ0n) is 10.3. The van der Waals surface area contributed by atoms with Crippen LogP contribution < -0.4 is 0 Å². The van der Waals surface area contributed by atoms with Crippen LogP contribution >= 0.6 is 0 Å². The van der Waals surface area contributed by atoms with Crippen molar-refractivity contribution in [1.29, 1.82) is 0 Å². The Morgan fingerprint density at radius 1 is 1.32 bits per heavy atom. The Kier molecular flexibility index (Phi) is 2.75. The fourth-order valence-corrected chi connectivity index (χ4v) is 1.95. The summed E-state index contributed by atoms with van der Waals surface area (Å²) in [6, 6.07) is 1.90. The van der Waals surface area contributed by atoms with E-state index >= 15 is 0 Å². The maximum absolute atomic E-state index is 11.8. The molecule has 0 aliphatic rings. The Labute approximate surface area is 108 Å². The minimum atomic E-state index is -0.347. The van der Waals surface area contributed by atoms with Gasteiger partial charge in [-0.25, -0.2) is 9.78 Å². The number of rotatable bonds is 3. The van der Waals surface area contributed by atoms with Gasteiger partial charge < -0.3 is 9.72 Å². The summed E-state index contributed by atoms with van der Waals surface area (Å²) in [5.74, 6) is -0.347. The van der Waals surface area contributed by atoms with Crippen molar-refractivity contribution in [3.05, 3.63) is 36.4 Å². The Hall–Kier alpha value is -2.63. The third-order valence-electron chi connectivity index (χ3n) is 2.86. The summed E-state index contributed by atoms with van der Waals surface area (Å²) in [6.45, 7) is 2.13. The largest absolute Gasteiger partial charge is 0.462 e. The second-order valence-corrected chi connectivity index (χ2v) is 4.03. The maximum atomic E-state index is 11.8. The molecule has 0 amide bonds. The topological polar surface area (TPSA) is 83.7 Å². The molecule has 96 valence electrons. The molecular weight excluding hydrogens is 244 g/mol. The maximum Gasteiger partial charge on any atom is 0.340 e. The first kappa shape index (κ1) is 11.5. The molecule has 3 aromatic heterocycles. The van der Waals surface area contributed by atoms with Crippen LogP contribution in [0.25, 0.3) is 22.2 Å². The van der Waals surface area contributed by atoms with E-state index in [1.54, 1.807) is 31.7 Å². The van der Waals surface area contributed by atoms with Crippen molar-refractivity contribution in [1.82, 2.24) is 20.2 Å². The highest BCUT2D eigenvalue weighted by molar-refractivity contribution is 6.04. The molecule has 19 heavy (non-hydrogen) atoms. The van der Waals surface area contributed by atoms with Crippen LogP contribution in [0.2, 0.25) is 0 Å². The summed E-state index contributed by atoms with van der Waals surface area (Å²) >= 11 is 0. The lowest BCUT2D eigenvalue weighted by Gasteiger charge is -2.01. The molecule has 0 bridgehead atoms. The molecule has 6 heteroatoms. The highest BCUT2D eigenvalue weighted by Crippen LogP contribution is 2.24. The fraction of sp³-hybridized carbons (Fsp3) is 0.154. The molecule has 6 nitrogen and oxygen atoms in total. The van der Waals surface area contributed by atoms with E-state index in [2.05, 4.69) is 20.2 Å². The molecule has 0 aliphatic carbocycles. The number of aromatic nitrogens is 4. The summed E-state index contributed by atoms with van der Waals surface area (Å²) in [6.07, 6.45) is 6.84. The van der Waals surface area contributed by atoms with Crippen molar-refractivity contribution >= 4 is 17.0 Å². The Morgan fingerprint density at radius 3 is 2.95 bits per heavy atom. The third kappa shape index (κ3) is 1.97. The van der Waals surface area contributed by atoms with Gasteiger partial charge in [0.25, 0.3) is 0 Å². The molecule has 0 radical (unpaired) electrons. The lowest BCUT2D eigenvalue weighted by atomic mass is 10.1. The number of carbonyl (C=O) groups excluding carboxylic acids is 1. The van der Waals surface area contributed by atoms with Gasteiger partial charge in [-0.05, 0) is 13.0 Å². The van der Waals surface area contributed by atoms with Gasteiger partial charge in [-0.3, -0.25) is 5.10 Å². The molecule has 2 N–H and O–H groups in total. The number of pyridine rings is 1. The number of fused-ring (bicyclic) bond motifs is 1.